The van der Waals surface area contributed by atoms with Crippen LogP contribution in [0.15, 0.2) is 77.7 Å². The average molecular weight is 429 g/mol. The predicted octanol–water partition coefficient (Wildman–Crippen LogP) is 4.40. The molecule has 0 bridgehead atoms. The van der Waals surface area contributed by atoms with E-state index in [-0.39, 0.29) is 16.4 Å². The molecular formula is C22H21ClN2O3S. The van der Waals surface area contributed by atoms with E-state index in [0.717, 1.165) is 11.1 Å². The highest BCUT2D eigenvalue weighted by Gasteiger charge is 2.22. The van der Waals surface area contributed by atoms with Crippen LogP contribution in [0.5, 0.6) is 0 Å². The molecule has 0 radical (unpaired) electrons. The van der Waals surface area contributed by atoms with E-state index >= 15 is 0 Å². The van der Waals surface area contributed by atoms with E-state index < -0.39 is 10.0 Å². The Kier molecular flexibility index (Phi) is 6.25. The van der Waals surface area contributed by atoms with Crippen LogP contribution in [0.2, 0.25) is 5.02 Å². The fourth-order valence-electron chi connectivity index (χ4n) is 2.74. The number of carbonyl (C=O) groups excluding carboxylic acids is 1. The van der Waals surface area contributed by atoms with E-state index in [0.29, 0.717) is 17.3 Å². The number of hydrogen-bond donors (Lipinski definition) is 1. The third kappa shape index (κ3) is 4.96. The lowest BCUT2D eigenvalue weighted by molar-refractivity contribution is 0.0950. The summed E-state index contributed by atoms with van der Waals surface area (Å²) in [4.78, 5) is 12.6. The van der Waals surface area contributed by atoms with Gasteiger partial charge in [0.25, 0.3) is 15.9 Å². The van der Waals surface area contributed by atoms with Gasteiger partial charge in [0.05, 0.1) is 10.6 Å². The van der Waals surface area contributed by atoms with Gasteiger partial charge >= 0.3 is 0 Å². The van der Waals surface area contributed by atoms with E-state index in [9.17, 15) is 13.2 Å². The molecule has 0 heterocycles. The van der Waals surface area contributed by atoms with E-state index in [4.69, 9.17) is 11.6 Å². The van der Waals surface area contributed by atoms with Gasteiger partial charge in [-0.25, -0.2) is 8.42 Å². The molecule has 29 heavy (non-hydrogen) atoms. The highest BCUT2D eigenvalue weighted by atomic mass is 35.5. The van der Waals surface area contributed by atoms with E-state index in [2.05, 4.69) is 5.32 Å². The zero-order valence-electron chi connectivity index (χ0n) is 16.1. The average Bonchev–Trinajstić information content (AvgIpc) is 2.73. The second kappa shape index (κ2) is 8.68. The van der Waals surface area contributed by atoms with Crippen molar-refractivity contribution in [2.45, 2.75) is 18.4 Å². The molecule has 7 heteroatoms. The van der Waals surface area contributed by atoms with Crippen LogP contribution < -0.4 is 9.62 Å². The fourth-order valence-corrected chi connectivity index (χ4v) is 4.10. The number of sulfonamides is 1. The molecule has 0 saturated carbocycles. The van der Waals surface area contributed by atoms with Crippen molar-refractivity contribution in [1.82, 2.24) is 5.32 Å². The van der Waals surface area contributed by atoms with Crippen molar-refractivity contribution in [3.8, 4) is 0 Å². The Morgan fingerprint density at radius 3 is 2.31 bits per heavy atom. The van der Waals surface area contributed by atoms with Gasteiger partial charge in [-0.3, -0.25) is 9.10 Å². The molecule has 1 amide bonds. The first-order valence-electron chi connectivity index (χ1n) is 8.96. The van der Waals surface area contributed by atoms with Gasteiger partial charge in [-0.15, -0.1) is 0 Å². The maximum atomic E-state index is 13.0. The minimum Gasteiger partial charge on any atom is -0.348 e. The first-order valence-corrected chi connectivity index (χ1v) is 10.8. The molecule has 0 aliphatic rings. The van der Waals surface area contributed by atoms with Gasteiger partial charge in [-0.2, -0.15) is 0 Å². The zero-order chi connectivity index (χ0) is 21.0. The Balaban J connectivity index is 1.77. The molecule has 0 aliphatic heterocycles. The standard InChI is InChI=1S/C22H21ClN2O3S/c1-16-6-12-20(13-7-16)25(2)29(27,28)21-5-3-4-18(14-21)22(26)24-15-17-8-10-19(23)11-9-17/h3-14H,15H2,1-2H3,(H,24,26). The number of nitrogens with zero attached hydrogens (tertiary/aromatic N) is 1. The van der Waals surface area contributed by atoms with Gasteiger partial charge < -0.3 is 5.32 Å². The summed E-state index contributed by atoms with van der Waals surface area (Å²) in [5.41, 5.74) is 2.76. The number of carbonyl (C=O) groups is 1. The molecular weight excluding hydrogens is 408 g/mol. The molecule has 5 nitrogen and oxygen atoms in total. The lowest BCUT2D eigenvalue weighted by atomic mass is 10.2. The smallest absolute Gasteiger partial charge is 0.264 e. The van der Waals surface area contributed by atoms with Crippen LogP contribution in [-0.2, 0) is 16.6 Å². The Morgan fingerprint density at radius 1 is 1.00 bits per heavy atom. The van der Waals surface area contributed by atoms with Crippen molar-refractivity contribution in [3.05, 3.63) is 94.5 Å². The first kappa shape index (κ1) is 20.9. The van der Waals surface area contributed by atoms with E-state index in [1.165, 1.54) is 23.5 Å². The predicted molar refractivity (Wildman–Crippen MR) is 116 cm³/mol. The quantitative estimate of drug-likeness (QED) is 0.632. The van der Waals surface area contributed by atoms with Crippen LogP contribution in [-0.4, -0.2) is 21.4 Å². The highest BCUT2D eigenvalue weighted by Crippen LogP contribution is 2.23. The molecule has 3 rings (SSSR count). The molecule has 0 fully saturated rings. The first-order chi connectivity index (χ1) is 13.8. The Morgan fingerprint density at radius 2 is 1.66 bits per heavy atom. The van der Waals surface area contributed by atoms with Crippen molar-refractivity contribution >= 4 is 33.2 Å². The van der Waals surface area contributed by atoms with Crippen LogP contribution in [0.4, 0.5) is 5.69 Å². The molecule has 3 aromatic rings. The number of rotatable bonds is 6. The summed E-state index contributed by atoms with van der Waals surface area (Å²) in [7, 11) is -2.30. The van der Waals surface area contributed by atoms with E-state index in [1.807, 2.05) is 31.2 Å². The summed E-state index contributed by atoms with van der Waals surface area (Å²) < 4.78 is 27.2. The van der Waals surface area contributed by atoms with Gasteiger partial charge in [0.2, 0.25) is 0 Å². The number of anilines is 1. The van der Waals surface area contributed by atoms with Crippen molar-refractivity contribution in [3.63, 3.8) is 0 Å². The Bertz CT molecular complexity index is 1110. The number of aryl methyl sites for hydroxylation is 1. The topological polar surface area (TPSA) is 66.5 Å². The van der Waals surface area contributed by atoms with Crippen LogP contribution in [0, 0.1) is 6.92 Å². The number of benzene rings is 3. The molecule has 0 saturated heterocycles. The maximum Gasteiger partial charge on any atom is 0.264 e. The summed E-state index contributed by atoms with van der Waals surface area (Å²) in [5, 5.41) is 3.41. The summed E-state index contributed by atoms with van der Waals surface area (Å²) in [6.07, 6.45) is 0. The minimum atomic E-state index is -3.79. The summed E-state index contributed by atoms with van der Waals surface area (Å²) in [5.74, 6) is -0.352. The van der Waals surface area contributed by atoms with Gasteiger partial charge in [-0.1, -0.05) is 47.5 Å². The molecule has 0 aliphatic carbocycles. The van der Waals surface area contributed by atoms with Crippen LogP contribution in [0.3, 0.4) is 0 Å². The third-order valence-electron chi connectivity index (χ3n) is 4.52. The number of nitrogens with one attached hydrogen (secondary N) is 1. The summed E-state index contributed by atoms with van der Waals surface area (Å²) in [6.45, 7) is 2.25. The molecule has 150 valence electrons. The van der Waals surface area contributed by atoms with Crippen molar-refractivity contribution in [2.24, 2.45) is 0 Å². The van der Waals surface area contributed by atoms with Gasteiger partial charge in [0.1, 0.15) is 0 Å². The summed E-state index contributed by atoms with van der Waals surface area (Å²) >= 11 is 5.86. The molecule has 0 atom stereocenters. The molecule has 1 N–H and O–H groups in total. The van der Waals surface area contributed by atoms with Crippen LogP contribution >= 0.6 is 11.6 Å². The molecule has 0 unspecified atom stereocenters. The SMILES string of the molecule is Cc1ccc(N(C)S(=O)(=O)c2cccc(C(=O)NCc3ccc(Cl)cc3)c2)cc1. The second-order valence-corrected chi connectivity index (χ2v) is 9.05. The monoisotopic (exact) mass is 428 g/mol. The van der Waals surface area contributed by atoms with Crippen molar-refractivity contribution < 1.29 is 13.2 Å². The second-order valence-electron chi connectivity index (χ2n) is 6.65. The number of halogens is 1. The fraction of sp³-hybridized carbons (Fsp3) is 0.136. The summed E-state index contributed by atoms with van der Waals surface area (Å²) in [6, 6.07) is 20.3. The Hall–Kier alpha value is -2.83. The van der Waals surface area contributed by atoms with Crippen LogP contribution in [0.1, 0.15) is 21.5 Å². The van der Waals surface area contributed by atoms with Gasteiger partial charge in [-0.05, 0) is 55.0 Å². The van der Waals surface area contributed by atoms with Gasteiger partial charge in [0, 0.05) is 24.2 Å². The zero-order valence-corrected chi connectivity index (χ0v) is 17.7. The molecule has 3 aromatic carbocycles. The maximum absolute atomic E-state index is 13.0. The lowest BCUT2D eigenvalue weighted by Crippen LogP contribution is -2.27. The van der Waals surface area contributed by atoms with E-state index in [1.54, 1.807) is 36.4 Å². The van der Waals surface area contributed by atoms with Crippen molar-refractivity contribution in [2.75, 3.05) is 11.4 Å². The Labute approximate surface area is 176 Å². The normalized spacial score (nSPS) is 11.1. The minimum absolute atomic E-state index is 0.0553. The highest BCUT2D eigenvalue weighted by molar-refractivity contribution is 7.92. The number of hydrogen-bond acceptors (Lipinski definition) is 3. The van der Waals surface area contributed by atoms with Gasteiger partial charge in [0.15, 0.2) is 0 Å². The molecule has 0 aromatic heterocycles. The third-order valence-corrected chi connectivity index (χ3v) is 6.55. The lowest BCUT2D eigenvalue weighted by Gasteiger charge is -2.20. The molecule has 0 spiro atoms. The van der Waals surface area contributed by atoms with Crippen molar-refractivity contribution in [1.29, 1.82) is 0 Å². The van der Waals surface area contributed by atoms with Crippen LogP contribution in [0.25, 0.3) is 0 Å². The largest absolute Gasteiger partial charge is 0.348 e. The number of amides is 1.